The number of hydrogen-bond donors (Lipinski definition) is 2. The number of pyridine rings is 1. The summed E-state index contributed by atoms with van der Waals surface area (Å²) >= 11 is 0. The topological polar surface area (TPSA) is 115 Å². The first-order valence-electron chi connectivity index (χ1n) is 5.75. The number of carbonyl (C=O) groups is 1. The van der Waals surface area contributed by atoms with E-state index in [4.69, 9.17) is 9.84 Å². The van der Waals surface area contributed by atoms with Gasteiger partial charge in [-0.3, -0.25) is 10.1 Å². The molecule has 0 saturated heterocycles. The maximum absolute atomic E-state index is 10.8. The number of nitrogens with one attached hydrogen (secondary N) is 1. The molecule has 1 aromatic heterocycles. The monoisotopic (exact) mass is 269 g/mol. The number of hydrogen-bond acceptors (Lipinski definition) is 6. The number of rotatable bonds is 8. The molecule has 0 aliphatic heterocycles. The summed E-state index contributed by atoms with van der Waals surface area (Å²) in [7, 11) is 0. The quantitative estimate of drug-likeness (QED) is 0.417. The summed E-state index contributed by atoms with van der Waals surface area (Å²) in [6.07, 6.45) is 1.76. The summed E-state index contributed by atoms with van der Waals surface area (Å²) in [5, 5.41) is 22.4. The fraction of sp³-hybridized carbons (Fsp3) is 0.455. The van der Waals surface area contributed by atoms with Gasteiger partial charge in [0.2, 0.25) is 5.82 Å². The van der Waals surface area contributed by atoms with E-state index in [2.05, 4.69) is 10.3 Å². The van der Waals surface area contributed by atoms with Crippen molar-refractivity contribution < 1.29 is 19.6 Å². The van der Waals surface area contributed by atoms with Crippen molar-refractivity contribution in [3.63, 3.8) is 0 Å². The van der Waals surface area contributed by atoms with Crippen LogP contribution >= 0.6 is 0 Å². The Morgan fingerprint density at radius 3 is 2.95 bits per heavy atom. The minimum absolute atomic E-state index is 0.0616. The van der Waals surface area contributed by atoms with Gasteiger partial charge in [-0.2, -0.15) is 0 Å². The van der Waals surface area contributed by atoms with Gasteiger partial charge in [-0.25, -0.2) is 9.78 Å². The Labute approximate surface area is 109 Å². The Hall–Kier alpha value is -2.22. The van der Waals surface area contributed by atoms with Crippen LogP contribution in [0, 0.1) is 10.1 Å². The van der Waals surface area contributed by atoms with Crippen LogP contribution in [0.25, 0.3) is 0 Å². The predicted molar refractivity (Wildman–Crippen MR) is 67.5 cm³/mol. The van der Waals surface area contributed by atoms with E-state index in [1.165, 1.54) is 0 Å². The van der Waals surface area contributed by atoms with Crippen molar-refractivity contribution in [2.75, 3.05) is 25.1 Å². The second-order valence-corrected chi connectivity index (χ2v) is 3.63. The fourth-order valence-corrected chi connectivity index (χ4v) is 1.37. The van der Waals surface area contributed by atoms with Gasteiger partial charge in [0.05, 0.1) is 10.5 Å². The van der Waals surface area contributed by atoms with Gasteiger partial charge in [-0.15, -0.1) is 0 Å². The fourth-order valence-electron chi connectivity index (χ4n) is 1.37. The molecule has 0 aliphatic carbocycles. The van der Waals surface area contributed by atoms with E-state index in [-0.39, 0.29) is 17.1 Å². The summed E-state index contributed by atoms with van der Waals surface area (Å²) in [6.45, 7) is 3.50. The molecule has 0 atom stereocenters. The average Bonchev–Trinajstić information content (AvgIpc) is 2.38. The van der Waals surface area contributed by atoms with Gasteiger partial charge in [0.15, 0.2) is 0 Å². The van der Waals surface area contributed by atoms with Crippen LogP contribution < -0.4 is 5.32 Å². The highest BCUT2D eigenvalue weighted by Gasteiger charge is 2.18. The van der Waals surface area contributed by atoms with Crippen LogP contribution in [0.2, 0.25) is 0 Å². The van der Waals surface area contributed by atoms with E-state index in [0.29, 0.717) is 26.2 Å². The van der Waals surface area contributed by atoms with Gasteiger partial charge in [-0.1, -0.05) is 0 Å². The maximum atomic E-state index is 10.8. The average molecular weight is 269 g/mol. The predicted octanol–water partition coefficient (Wildman–Crippen LogP) is 1.53. The zero-order valence-corrected chi connectivity index (χ0v) is 10.5. The minimum atomic E-state index is -1.25. The largest absolute Gasteiger partial charge is 0.478 e. The number of aromatic nitrogens is 1. The third-order valence-corrected chi connectivity index (χ3v) is 2.27. The van der Waals surface area contributed by atoms with Crippen LogP contribution in [0.15, 0.2) is 12.3 Å². The zero-order valence-electron chi connectivity index (χ0n) is 10.5. The standard InChI is InChI=1S/C11H15N3O5/c1-2-19-5-3-4-12-10-9(14(17)18)6-8(7-13-10)11(15)16/h6-7H,2-5H2,1H3,(H,12,13)(H,15,16). The Bertz CT molecular complexity index is 464. The highest BCUT2D eigenvalue weighted by atomic mass is 16.6. The lowest BCUT2D eigenvalue weighted by atomic mass is 10.2. The molecule has 1 rings (SSSR count). The van der Waals surface area contributed by atoms with Gasteiger partial charge < -0.3 is 15.2 Å². The van der Waals surface area contributed by atoms with Crippen molar-refractivity contribution in [2.45, 2.75) is 13.3 Å². The number of aromatic carboxylic acids is 1. The van der Waals surface area contributed by atoms with E-state index in [1.807, 2.05) is 6.92 Å². The molecule has 0 fully saturated rings. The number of ether oxygens (including phenoxy) is 1. The molecule has 0 radical (unpaired) electrons. The first kappa shape index (κ1) is 14.8. The number of nitro groups is 1. The Kier molecular flexibility index (Phi) is 5.68. The summed E-state index contributed by atoms with van der Waals surface area (Å²) in [6, 6.07) is 0.986. The first-order chi connectivity index (χ1) is 9.06. The molecule has 8 nitrogen and oxygen atoms in total. The van der Waals surface area contributed by atoms with Crippen LogP contribution in [0.3, 0.4) is 0 Å². The minimum Gasteiger partial charge on any atom is -0.478 e. The highest BCUT2D eigenvalue weighted by molar-refractivity contribution is 5.88. The smallest absolute Gasteiger partial charge is 0.337 e. The van der Waals surface area contributed by atoms with Crippen LogP contribution in [-0.2, 0) is 4.74 Å². The SMILES string of the molecule is CCOCCCNc1ncc(C(=O)O)cc1[N+](=O)[O-]. The number of nitrogens with zero attached hydrogens (tertiary/aromatic N) is 2. The lowest BCUT2D eigenvalue weighted by Crippen LogP contribution is -2.10. The van der Waals surface area contributed by atoms with Gasteiger partial charge >= 0.3 is 11.7 Å². The molecule has 0 aliphatic rings. The van der Waals surface area contributed by atoms with Crippen molar-refractivity contribution in [1.82, 2.24) is 4.98 Å². The summed E-state index contributed by atoms with van der Waals surface area (Å²) < 4.78 is 5.13. The van der Waals surface area contributed by atoms with Gasteiger partial charge in [0.25, 0.3) is 0 Å². The van der Waals surface area contributed by atoms with Crippen LogP contribution in [0.5, 0.6) is 0 Å². The highest BCUT2D eigenvalue weighted by Crippen LogP contribution is 2.22. The molecule has 104 valence electrons. The molecule has 2 N–H and O–H groups in total. The van der Waals surface area contributed by atoms with Gasteiger partial charge in [0.1, 0.15) is 0 Å². The second kappa shape index (κ2) is 7.27. The third-order valence-electron chi connectivity index (χ3n) is 2.27. The lowest BCUT2D eigenvalue weighted by molar-refractivity contribution is -0.384. The molecule has 19 heavy (non-hydrogen) atoms. The molecule has 0 aromatic carbocycles. The number of anilines is 1. The number of carboxylic acid groups (broad SMARTS) is 1. The summed E-state index contributed by atoms with van der Waals surface area (Å²) in [5.41, 5.74) is -0.567. The normalized spacial score (nSPS) is 10.2. The van der Waals surface area contributed by atoms with E-state index in [1.54, 1.807) is 0 Å². The summed E-state index contributed by atoms with van der Waals surface area (Å²) in [4.78, 5) is 24.7. The summed E-state index contributed by atoms with van der Waals surface area (Å²) in [5.74, 6) is -1.19. The van der Waals surface area contributed by atoms with Crippen LogP contribution in [-0.4, -0.2) is 40.7 Å². The zero-order chi connectivity index (χ0) is 14.3. The van der Waals surface area contributed by atoms with Crippen molar-refractivity contribution in [2.24, 2.45) is 0 Å². The van der Waals surface area contributed by atoms with Crippen molar-refractivity contribution in [3.05, 3.63) is 27.9 Å². The number of carboxylic acids is 1. The molecule has 1 heterocycles. The third kappa shape index (κ3) is 4.51. The van der Waals surface area contributed by atoms with Gasteiger partial charge in [0, 0.05) is 32.0 Å². The maximum Gasteiger partial charge on any atom is 0.337 e. The van der Waals surface area contributed by atoms with Crippen molar-refractivity contribution in [3.8, 4) is 0 Å². The first-order valence-corrected chi connectivity index (χ1v) is 5.75. The second-order valence-electron chi connectivity index (χ2n) is 3.63. The molecule has 0 saturated carbocycles. The van der Waals surface area contributed by atoms with E-state index in [0.717, 1.165) is 12.3 Å². The van der Waals surface area contributed by atoms with Crippen LogP contribution in [0.1, 0.15) is 23.7 Å². The molecular weight excluding hydrogens is 254 g/mol. The molecule has 8 heteroatoms. The Balaban J connectivity index is 2.71. The van der Waals surface area contributed by atoms with Crippen LogP contribution in [0.4, 0.5) is 11.5 Å². The molecular formula is C11H15N3O5. The molecule has 0 unspecified atom stereocenters. The Morgan fingerprint density at radius 1 is 1.63 bits per heavy atom. The molecule has 0 bridgehead atoms. The van der Waals surface area contributed by atoms with E-state index in [9.17, 15) is 14.9 Å². The molecule has 0 spiro atoms. The van der Waals surface area contributed by atoms with Gasteiger partial charge in [-0.05, 0) is 13.3 Å². The van der Waals surface area contributed by atoms with Crippen molar-refractivity contribution >= 4 is 17.5 Å². The molecule has 0 amide bonds. The Morgan fingerprint density at radius 2 is 2.37 bits per heavy atom. The van der Waals surface area contributed by atoms with E-state index >= 15 is 0 Å². The molecule has 1 aromatic rings. The van der Waals surface area contributed by atoms with Crippen molar-refractivity contribution in [1.29, 1.82) is 0 Å². The van der Waals surface area contributed by atoms with E-state index < -0.39 is 10.9 Å². The lowest BCUT2D eigenvalue weighted by Gasteiger charge is -2.06.